The zero-order chi connectivity index (χ0) is 20.3. The minimum Gasteiger partial charge on any atom is -0.352 e. The van der Waals surface area contributed by atoms with Gasteiger partial charge in [0.05, 0.1) is 5.56 Å². The summed E-state index contributed by atoms with van der Waals surface area (Å²) in [5.74, 6) is -0.710. The van der Waals surface area contributed by atoms with E-state index in [0.29, 0.717) is 41.5 Å². The fourth-order valence-corrected chi connectivity index (χ4v) is 3.68. The van der Waals surface area contributed by atoms with Gasteiger partial charge in [-0.1, -0.05) is 23.7 Å². The van der Waals surface area contributed by atoms with Crippen molar-refractivity contribution in [2.24, 2.45) is 5.92 Å². The molecule has 0 aliphatic carbocycles. The molecule has 1 N–H and O–H groups in total. The first-order chi connectivity index (χ1) is 13.3. The number of carbonyl (C=O) groups is 2. The van der Waals surface area contributed by atoms with E-state index in [2.05, 4.69) is 26.2 Å². The van der Waals surface area contributed by atoms with E-state index in [9.17, 15) is 14.0 Å². The molecular weight excluding hydrogens is 449 g/mol. The van der Waals surface area contributed by atoms with Crippen LogP contribution >= 0.6 is 27.5 Å². The monoisotopic (exact) mass is 467 g/mol. The Hall–Kier alpha value is -1.99. The fourth-order valence-electron chi connectivity index (χ4n) is 3.17. The third-order valence-corrected chi connectivity index (χ3v) is 5.63. The number of amides is 2. The lowest BCUT2D eigenvalue weighted by atomic mass is 9.95. The first-order valence-corrected chi connectivity index (χ1v) is 10.2. The lowest BCUT2D eigenvalue weighted by Crippen LogP contribution is -2.43. The normalized spacial score (nSPS) is 14.8. The third kappa shape index (κ3) is 4.89. The molecule has 1 aliphatic heterocycles. The standard InChI is InChI=1S/C20H20BrClFN3O2/c1-12-2-3-13(8-17(12)23)10-25-19(27)14-4-6-26(7-5-14)20(28)16-9-15(21)11-24-18(16)22/h2-3,8-9,11,14H,4-7,10H2,1H3,(H,25,27). The number of hydrogen-bond acceptors (Lipinski definition) is 3. The van der Waals surface area contributed by atoms with Gasteiger partial charge in [-0.15, -0.1) is 0 Å². The SMILES string of the molecule is Cc1ccc(CNC(=O)C2CCN(C(=O)c3cc(Br)cnc3Cl)CC2)cc1F. The molecule has 1 aromatic heterocycles. The molecule has 1 aromatic carbocycles. The van der Waals surface area contributed by atoms with Gasteiger partial charge in [-0.2, -0.15) is 0 Å². The maximum Gasteiger partial charge on any atom is 0.257 e. The van der Waals surface area contributed by atoms with E-state index in [4.69, 9.17) is 11.6 Å². The van der Waals surface area contributed by atoms with E-state index >= 15 is 0 Å². The van der Waals surface area contributed by atoms with Gasteiger partial charge in [-0.05, 0) is 59.0 Å². The first kappa shape index (κ1) is 20.7. The number of aryl methyl sites for hydroxylation is 1. The van der Waals surface area contributed by atoms with Crippen LogP contribution in [0.5, 0.6) is 0 Å². The van der Waals surface area contributed by atoms with Crippen LogP contribution < -0.4 is 5.32 Å². The number of aromatic nitrogens is 1. The van der Waals surface area contributed by atoms with E-state index in [1.807, 2.05) is 0 Å². The highest BCUT2D eigenvalue weighted by Crippen LogP contribution is 2.24. The number of halogens is 3. The van der Waals surface area contributed by atoms with Gasteiger partial charge < -0.3 is 10.2 Å². The molecule has 1 fully saturated rings. The Morgan fingerprint density at radius 2 is 2.04 bits per heavy atom. The van der Waals surface area contributed by atoms with Crippen LogP contribution in [0.2, 0.25) is 5.15 Å². The van der Waals surface area contributed by atoms with Crippen molar-refractivity contribution in [1.82, 2.24) is 15.2 Å². The van der Waals surface area contributed by atoms with Crippen LogP contribution in [-0.4, -0.2) is 34.8 Å². The largest absolute Gasteiger partial charge is 0.352 e. The molecule has 0 bridgehead atoms. The molecule has 1 saturated heterocycles. The number of likely N-dealkylation sites (tertiary alicyclic amines) is 1. The second kappa shape index (κ2) is 9.01. The van der Waals surface area contributed by atoms with Crippen molar-refractivity contribution >= 4 is 39.3 Å². The highest BCUT2D eigenvalue weighted by molar-refractivity contribution is 9.10. The molecule has 2 heterocycles. The van der Waals surface area contributed by atoms with Crippen molar-refractivity contribution in [1.29, 1.82) is 0 Å². The predicted molar refractivity (Wildman–Crippen MR) is 109 cm³/mol. The van der Waals surface area contributed by atoms with Crippen molar-refractivity contribution in [2.75, 3.05) is 13.1 Å². The molecule has 0 saturated carbocycles. The lowest BCUT2D eigenvalue weighted by molar-refractivity contribution is -0.126. The van der Waals surface area contributed by atoms with Crippen molar-refractivity contribution in [3.63, 3.8) is 0 Å². The number of piperidine rings is 1. The smallest absolute Gasteiger partial charge is 0.257 e. The topological polar surface area (TPSA) is 62.3 Å². The summed E-state index contributed by atoms with van der Waals surface area (Å²) in [4.78, 5) is 30.8. The molecule has 1 aliphatic rings. The Kier molecular flexibility index (Phi) is 6.67. The lowest BCUT2D eigenvalue weighted by Gasteiger charge is -2.31. The van der Waals surface area contributed by atoms with Gasteiger partial charge >= 0.3 is 0 Å². The maximum absolute atomic E-state index is 13.6. The summed E-state index contributed by atoms with van der Waals surface area (Å²) < 4.78 is 14.3. The average molecular weight is 469 g/mol. The average Bonchev–Trinajstić information content (AvgIpc) is 2.70. The van der Waals surface area contributed by atoms with Crippen LogP contribution in [0.4, 0.5) is 4.39 Å². The summed E-state index contributed by atoms with van der Waals surface area (Å²) in [6.07, 6.45) is 2.67. The number of hydrogen-bond donors (Lipinski definition) is 1. The summed E-state index contributed by atoms with van der Waals surface area (Å²) in [6.45, 7) is 2.93. The Bertz CT molecular complexity index is 901. The summed E-state index contributed by atoms with van der Waals surface area (Å²) >= 11 is 9.33. The van der Waals surface area contributed by atoms with Gasteiger partial charge in [0.1, 0.15) is 11.0 Å². The van der Waals surface area contributed by atoms with E-state index in [1.54, 1.807) is 30.0 Å². The highest BCUT2D eigenvalue weighted by atomic mass is 79.9. The molecule has 2 aromatic rings. The number of nitrogens with zero attached hydrogens (tertiary/aromatic N) is 2. The van der Waals surface area contributed by atoms with E-state index < -0.39 is 0 Å². The van der Waals surface area contributed by atoms with Crippen LogP contribution in [0.25, 0.3) is 0 Å². The van der Waals surface area contributed by atoms with Gasteiger partial charge in [0.15, 0.2) is 0 Å². The van der Waals surface area contributed by atoms with E-state index in [-0.39, 0.29) is 35.2 Å². The van der Waals surface area contributed by atoms with Crippen LogP contribution in [-0.2, 0) is 11.3 Å². The second-order valence-corrected chi connectivity index (χ2v) is 8.13. The summed E-state index contributed by atoms with van der Waals surface area (Å²) in [6, 6.07) is 6.59. The molecule has 2 amide bonds. The van der Waals surface area contributed by atoms with Crippen molar-refractivity contribution < 1.29 is 14.0 Å². The zero-order valence-electron chi connectivity index (χ0n) is 15.3. The number of benzene rings is 1. The molecule has 28 heavy (non-hydrogen) atoms. The third-order valence-electron chi connectivity index (χ3n) is 4.89. The molecule has 0 spiro atoms. The number of pyridine rings is 1. The summed E-state index contributed by atoms with van der Waals surface area (Å²) in [7, 11) is 0. The number of carbonyl (C=O) groups excluding carboxylic acids is 2. The molecule has 148 valence electrons. The quantitative estimate of drug-likeness (QED) is 0.687. The molecule has 3 rings (SSSR count). The second-order valence-electron chi connectivity index (χ2n) is 6.86. The number of nitrogens with one attached hydrogen (secondary N) is 1. The van der Waals surface area contributed by atoms with E-state index in [1.165, 1.54) is 12.3 Å². The first-order valence-electron chi connectivity index (χ1n) is 8.98. The zero-order valence-corrected chi connectivity index (χ0v) is 17.7. The Labute approximate surface area is 176 Å². The van der Waals surface area contributed by atoms with Crippen LogP contribution in [0.15, 0.2) is 34.9 Å². The van der Waals surface area contributed by atoms with Crippen LogP contribution in [0, 0.1) is 18.7 Å². The van der Waals surface area contributed by atoms with Gasteiger partial charge in [0.2, 0.25) is 5.91 Å². The van der Waals surface area contributed by atoms with Crippen molar-refractivity contribution in [3.8, 4) is 0 Å². The van der Waals surface area contributed by atoms with Gasteiger partial charge in [0.25, 0.3) is 5.91 Å². The van der Waals surface area contributed by atoms with Crippen molar-refractivity contribution in [3.05, 3.63) is 62.6 Å². The Balaban J connectivity index is 1.53. The van der Waals surface area contributed by atoms with Gasteiger partial charge in [-0.25, -0.2) is 9.37 Å². The molecule has 0 radical (unpaired) electrons. The molecule has 5 nitrogen and oxygen atoms in total. The minimum absolute atomic E-state index is 0.0739. The maximum atomic E-state index is 13.6. The minimum atomic E-state index is -0.278. The highest BCUT2D eigenvalue weighted by Gasteiger charge is 2.28. The van der Waals surface area contributed by atoms with Crippen LogP contribution in [0.1, 0.15) is 34.3 Å². The molecular formula is C20H20BrClFN3O2. The Morgan fingerprint density at radius 3 is 2.71 bits per heavy atom. The van der Waals surface area contributed by atoms with Crippen molar-refractivity contribution in [2.45, 2.75) is 26.3 Å². The van der Waals surface area contributed by atoms with Gasteiger partial charge in [0, 0.05) is 36.2 Å². The summed E-state index contributed by atoms with van der Waals surface area (Å²) in [5.41, 5.74) is 1.65. The number of rotatable bonds is 4. The fraction of sp³-hybridized carbons (Fsp3) is 0.350. The van der Waals surface area contributed by atoms with E-state index in [0.717, 1.165) is 5.56 Å². The molecule has 8 heteroatoms. The predicted octanol–water partition coefficient (Wildman–Crippen LogP) is 4.11. The molecule has 0 atom stereocenters. The van der Waals surface area contributed by atoms with Crippen LogP contribution in [0.3, 0.4) is 0 Å². The van der Waals surface area contributed by atoms with Gasteiger partial charge in [-0.3, -0.25) is 9.59 Å². The summed E-state index contributed by atoms with van der Waals surface area (Å²) in [5, 5.41) is 3.03. The Morgan fingerprint density at radius 1 is 1.32 bits per heavy atom. The molecule has 0 unspecified atom stereocenters.